The summed E-state index contributed by atoms with van der Waals surface area (Å²) in [6.07, 6.45) is 1.69. The summed E-state index contributed by atoms with van der Waals surface area (Å²) >= 11 is 1.40. The van der Waals surface area contributed by atoms with Crippen molar-refractivity contribution in [3.63, 3.8) is 0 Å². The van der Waals surface area contributed by atoms with E-state index in [0.717, 1.165) is 0 Å². The van der Waals surface area contributed by atoms with Crippen molar-refractivity contribution in [2.45, 2.75) is 37.2 Å². The number of fused-ring (bicyclic) bond motifs is 1. The molecule has 0 unspecified atom stereocenters. The molecule has 0 saturated heterocycles. The van der Waals surface area contributed by atoms with E-state index in [1.165, 1.54) is 11.8 Å². The van der Waals surface area contributed by atoms with Gasteiger partial charge in [0, 0.05) is 12.5 Å². The smallest absolute Gasteiger partial charge is 0.262 e. The van der Waals surface area contributed by atoms with E-state index < -0.39 is 0 Å². The van der Waals surface area contributed by atoms with Gasteiger partial charge in [-0.25, -0.2) is 4.98 Å². The van der Waals surface area contributed by atoms with Crippen molar-refractivity contribution in [1.82, 2.24) is 19.7 Å². The maximum absolute atomic E-state index is 12.7. The van der Waals surface area contributed by atoms with Gasteiger partial charge in [-0.1, -0.05) is 49.0 Å². The maximum Gasteiger partial charge on any atom is 0.262 e. The van der Waals surface area contributed by atoms with Gasteiger partial charge < -0.3 is 4.52 Å². The summed E-state index contributed by atoms with van der Waals surface area (Å²) in [7, 11) is 0. The molecule has 124 valence electrons. The van der Waals surface area contributed by atoms with Crippen molar-refractivity contribution in [1.29, 1.82) is 0 Å². The second-order valence-electron chi connectivity index (χ2n) is 5.61. The highest BCUT2D eigenvalue weighted by Gasteiger charge is 2.14. The fourth-order valence-electron chi connectivity index (χ4n) is 2.24. The van der Waals surface area contributed by atoms with Crippen LogP contribution in [0.4, 0.5) is 0 Å². The Morgan fingerprint density at radius 3 is 2.83 bits per heavy atom. The summed E-state index contributed by atoms with van der Waals surface area (Å²) in [5.74, 6) is 1.88. The predicted octanol–water partition coefficient (Wildman–Crippen LogP) is 3.38. The highest BCUT2D eigenvalue weighted by atomic mass is 32.2. The SMILES string of the molecule is C=CCn1c(SCc2nc(C(C)C)no2)nc2ccccc2c1=O. The Hall–Kier alpha value is -2.41. The van der Waals surface area contributed by atoms with Gasteiger partial charge in [0.1, 0.15) is 0 Å². The van der Waals surface area contributed by atoms with Gasteiger partial charge in [0.15, 0.2) is 11.0 Å². The van der Waals surface area contributed by atoms with Crippen LogP contribution in [0.1, 0.15) is 31.5 Å². The zero-order valence-corrected chi connectivity index (χ0v) is 14.4. The van der Waals surface area contributed by atoms with Gasteiger partial charge in [-0.05, 0) is 12.1 Å². The van der Waals surface area contributed by atoms with Crippen molar-refractivity contribution in [2.24, 2.45) is 0 Å². The summed E-state index contributed by atoms with van der Waals surface area (Å²) in [5.41, 5.74) is 0.607. The van der Waals surface area contributed by atoms with Gasteiger partial charge in [-0.3, -0.25) is 9.36 Å². The molecule has 0 aliphatic rings. The zero-order valence-electron chi connectivity index (χ0n) is 13.6. The number of hydrogen-bond donors (Lipinski definition) is 0. The summed E-state index contributed by atoms with van der Waals surface area (Å²) in [6.45, 7) is 8.14. The Bertz CT molecular complexity index is 930. The molecule has 24 heavy (non-hydrogen) atoms. The third-order valence-corrected chi connectivity index (χ3v) is 4.42. The number of rotatable bonds is 6. The highest BCUT2D eigenvalue weighted by molar-refractivity contribution is 7.98. The number of hydrogen-bond acceptors (Lipinski definition) is 6. The first kappa shape index (κ1) is 16.4. The van der Waals surface area contributed by atoms with E-state index in [9.17, 15) is 4.79 Å². The minimum absolute atomic E-state index is 0.0728. The average molecular weight is 342 g/mol. The maximum atomic E-state index is 12.7. The molecule has 0 bridgehead atoms. The molecular weight excluding hydrogens is 324 g/mol. The van der Waals surface area contributed by atoms with E-state index in [0.29, 0.717) is 40.1 Å². The molecule has 0 saturated carbocycles. The molecule has 0 amide bonds. The number of benzene rings is 1. The van der Waals surface area contributed by atoms with Crippen molar-refractivity contribution in [2.75, 3.05) is 0 Å². The first-order valence-electron chi connectivity index (χ1n) is 7.66. The van der Waals surface area contributed by atoms with E-state index in [4.69, 9.17) is 4.52 Å². The lowest BCUT2D eigenvalue weighted by Crippen LogP contribution is -2.22. The molecular formula is C17H18N4O2S. The molecule has 1 aromatic carbocycles. The van der Waals surface area contributed by atoms with E-state index in [1.54, 1.807) is 16.7 Å². The fourth-order valence-corrected chi connectivity index (χ4v) is 3.08. The minimum Gasteiger partial charge on any atom is -0.338 e. The van der Waals surface area contributed by atoms with Crippen LogP contribution < -0.4 is 5.56 Å². The molecule has 0 N–H and O–H groups in total. The van der Waals surface area contributed by atoms with Gasteiger partial charge in [-0.15, -0.1) is 6.58 Å². The standard InChI is InChI=1S/C17H18N4O2S/c1-4-9-21-16(22)12-7-5-6-8-13(12)18-17(21)24-10-14-19-15(11(2)3)20-23-14/h4-8,11H,1,9-10H2,2-3H3. The molecule has 0 atom stereocenters. The topological polar surface area (TPSA) is 73.8 Å². The van der Waals surface area contributed by atoms with Crippen LogP contribution in [0.3, 0.4) is 0 Å². The Balaban J connectivity index is 1.93. The van der Waals surface area contributed by atoms with Crippen LogP contribution in [0.15, 0.2) is 51.4 Å². The van der Waals surface area contributed by atoms with Crippen LogP contribution in [0.2, 0.25) is 0 Å². The molecule has 0 aliphatic heterocycles. The summed E-state index contributed by atoms with van der Waals surface area (Å²) < 4.78 is 6.86. The molecule has 6 nitrogen and oxygen atoms in total. The second kappa shape index (κ2) is 7.00. The van der Waals surface area contributed by atoms with Crippen LogP contribution in [0, 0.1) is 0 Å². The molecule has 0 radical (unpaired) electrons. The summed E-state index contributed by atoms with van der Waals surface area (Å²) in [4.78, 5) is 21.6. The first-order valence-corrected chi connectivity index (χ1v) is 8.64. The molecule has 3 rings (SSSR count). The lowest BCUT2D eigenvalue weighted by Gasteiger charge is -2.10. The number of nitrogens with zero attached hydrogens (tertiary/aromatic N) is 4. The van der Waals surface area contributed by atoms with E-state index in [1.807, 2.05) is 32.0 Å². The highest BCUT2D eigenvalue weighted by Crippen LogP contribution is 2.22. The third-order valence-electron chi connectivity index (χ3n) is 3.46. The Morgan fingerprint density at radius 1 is 1.33 bits per heavy atom. The van der Waals surface area contributed by atoms with E-state index >= 15 is 0 Å². The van der Waals surface area contributed by atoms with Gasteiger partial charge in [0.05, 0.1) is 16.7 Å². The molecule has 3 aromatic rings. The van der Waals surface area contributed by atoms with Crippen LogP contribution in [0.5, 0.6) is 0 Å². The predicted molar refractivity (Wildman–Crippen MR) is 94.1 cm³/mol. The van der Waals surface area contributed by atoms with Gasteiger partial charge in [0.2, 0.25) is 5.89 Å². The van der Waals surface area contributed by atoms with Crippen molar-refractivity contribution in [3.8, 4) is 0 Å². The molecule has 0 fully saturated rings. The molecule has 0 spiro atoms. The molecule has 2 heterocycles. The Morgan fingerprint density at radius 2 is 2.12 bits per heavy atom. The molecule has 0 aliphatic carbocycles. The molecule has 7 heteroatoms. The number of allylic oxidation sites excluding steroid dienone is 1. The van der Waals surface area contributed by atoms with Crippen LogP contribution >= 0.6 is 11.8 Å². The minimum atomic E-state index is -0.0728. The van der Waals surface area contributed by atoms with Crippen molar-refractivity contribution < 1.29 is 4.52 Å². The first-order chi connectivity index (χ1) is 11.6. The second-order valence-corrected chi connectivity index (χ2v) is 6.55. The van der Waals surface area contributed by atoms with Crippen molar-refractivity contribution >= 4 is 22.7 Å². The van der Waals surface area contributed by atoms with Gasteiger partial charge in [0.25, 0.3) is 5.56 Å². The fraction of sp³-hybridized carbons (Fsp3) is 0.294. The summed E-state index contributed by atoms with van der Waals surface area (Å²) in [6, 6.07) is 7.32. The number of para-hydroxylation sites is 1. The monoisotopic (exact) mass is 342 g/mol. The summed E-state index contributed by atoms with van der Waals surface area (Å²) in [5, 5.41) is 5.16. The Kier molecular flexibility index (Phi) is 4.80. The normalized spacial score (nSPS) is 11.3. The van der Waals surface area contributed by atoms with Crippen molar-refractivity contribution in [3.05, 3.63) is 59.0 Å². The number of thioether (sulfide) groups is 1. The van der Waals surface area contributed by atoms with Crippen LogP contribution in [-0.2, 0) is 12.3 Å². The van der Waals surface area contributed by atoms with Gasteiger partial charge in [-0.2, -0.15) is 4.98 Å². The average Bonchev–Trinajstić information content (AvgIpc) is 3.05. The lowest BCUT2D eigenvalue weighted by molar-refractivity contribution is 0.382. The largest absolute Gasteiger partial charge is 0.338 e. The van der Waals surface area contributed by atoms with Crippen LogP contribution in [-0.4, -0.2) is 19.7 Å². The number of aromatic nitrogens is 4. The van der Waals surface area contributed by atoms with E-state index in [2.05, 4.69) is 21.7 Å². The lowest BCUT2D eigenvalue weighted by atomic mass is 10.2. The quantitative estimate of drug-likeness (QED) is 0.388. The van der Waals surface area contributed by atoms with E-state index in [-0.39, 0.29) is 11.5 Å². The Labute approximate surface area is 143 Å². The zero-order chi connectivity index (χ0) is 17.1. The third kappa shape index (κ3) is 3.26. The molecule has 2 aromatic heterocycles. The van der Waals surface area contributed by atoms with Gasteiger partial charge >= 0.3 is 0 Å². The van der Waals surface area contributed by atoms with Crippen LogP contribution in [0.25, 0.3) is 10.9 Å².